The van der Waals surface area contributed by atoms with Crippen LogP contribution < -0.4 is 0 Å². The summed E-state index contributed by atoms with van der Waals surface area (Å²) >= 11 is 0. The minimum atomic E-state index is -4.12. The van der Waals surface area contributed by atoms with Crippen molar-refractivity contribution in [1.82, 2.24) is 4.90 Å². The van der Waals surface area contributed by atoms with Crippen LogP contribution in [0, 0.1) is 20.8 Å². The second kappa shape index (κ2) is 5.74. The first-order valence-electron chi connectivity index (χ1n) is 6.01. The minimum Gasteiger partial charge on any atom is -0.298 e. The maximum atomic E-state index is 12.2. The van der Waals surface area contributed by atoms with Gasteiger partial charge in [-0.15, -0.1) is 0 Å². The Morgan fingerprint density at radius 1 is 1.00 bits per heavy atom. The van der Waals surface area contributed by atoms with Crippen LogP contribution >= 0.6 is 0 Å². The number of nitrogens with zero attached hydrogens (tertiary/aromatic N) is 1. The Bertz CT molecular complexity index is 410. The lowest BCUT2D eigenvalue weighted by atomic mass is 9.99. The van der Waals surface area contributed by atoms with Gasteiger partial charge in [0.15, 0.2) is 0 Å². The number of rotatable bonds is 4. The molecule has 0 aliphatic heterocycles. The molecule has 1 aromatic rings. The highest BCUT2D eigenvalue weighted by Crippen LogP contribution is 2.18. The summed E-state index contributed by atoms with van der Waals surface area (Å²) in [6.45, 7) is 5.64. The van der Waals surface area contributed by atoms with Gasteiger partial charge < -0.3 is 0 Å². The monoisotopic (exact) mass is 259 g/mol. The number of aryl methyl sites for hydroxylation is 3. The van der Waals surface area contributed by atoms with E-state index in [2.05, 4.69) is 12.1 Å². The highest BCUT2D eigenvalue weighted by molar-refractivity contribution is 5.36. The Balaban J connectivity index is 2.61. The molecule has 0 N–H and O–H groups in total. The van der Waals surface area contributed by atoms with Crippen LogP contribution in [0.4, 0.5) is 13.2 Å². The molecule has 0 amide bonds. The van der Waals surface area contributed by atoms with Gasteiger partial charge in [-0.3, -0.25) is 4.90 Å². The molecular weight excluding hydrogens is 239 g/mol. The normalized spacial score (nSPS) is 12.2. The van der Waals surface area contributed by atoms with Crippen LogP contribution in [0.3, 0.4) is 0 Å². The molecule has 4 heteroatoms. The Morgan fingerprint density at radius 3 is 2.11 bits per heavy atom. The molecule has 0 radical (unpaired) electrons. The molecule has 1 nitrogen and oxygen atoms in total. The molecule has 0 bridgehead atoms. The lowest BCUT2D eigenvalue weighted by molar-refractivity contribution is -0.142. The molecule has 0 unspecified atom stereocenters. The molecule has 0 aliphatic rings. The molecule has 0 fully saturated rings. The van der Waals surface area contributed by atoms with Gasteiger partial charge in [0.25, 0.3) is 0 Å². The van der Waals surface area contributed by atoms with E-state index in [1.54, 1.807) is 0 Å². The maximum Gasteiger partial charge on any atom is 0.401 e. The van der Waals surface area contributed by atoms with E-state index in [0.29, 0.717) is 13.0 Å². The number of benzene rings is 1. The van der Waals surface area contributed by atoms with Crippen molar-refractivity contribution in [3.63, 3.8) is 0 Å². The fourth-order valence-electron chi connectivity index (χ4n) is 1.99. The van der Waals surface area contributed by atoms with Gasteiger partial charge in [-0.1, -0.05) is 12.1 Å². The van der Waals surface area contributed by atoms with Gasteiger partial charge in [-0.25, -0.2) is 0 Å². The number of alkyl halides is 3. The smallest absolute Gasteiger partial charge is 0.298 e. The van der Waals surface area contributed by atoms with E-state index in [9.17, 15) is 13.2 Å². The van der Waals surface area contributed by atoms with Gasteiger partial charge in [-0.05, 0) is 56.5 Å². The van der Waals surface area contributed by atoms with Crippen LogP contribution in [0.25, 0.3) is 0 Å². The van der Waals surface area contributed by atoms with Crippen LogP contribution in [-0.2, 0) is 6.42 Å². The lowest BCUT2D eigenvalue weighted by Crippen LogP contribution is -2.32. The average molecular weight is 259 g/mol. The standard InChI is InChI=1S/C14H20F3N/c1-10-7-12(3)13(8-11(10)2)5-6-18(4)9-14(15,16)17/h7-8H,5-6,9H2,1-4H3. The van der Waals surface area contributed by atoms with Gasteiger partial charge in [0.05, 0.1) is 6.54 Å². The van der Waals surface area contributed by atoms with Crippen molar-refractivity contribution in [3.05, 3.63) is 34.4 Å². The third-order valence-electron chi connectivity index (χ3n) is 3.16. The van der Waals surface area contributed by atoms with Gasteiger partial charge in [0, 0.05) is 6.54 Å². The highest BCUT2D eigenvalue weighted by Gasteiger charge is 2.28. The van der Waals surface area contributed by atoms with Crippen LogP contribution in [0.2, 0.25) is 0 Å². The summed E-state index contributed by atoms with van der Waals surface area (Å²) in [5.74, 6) is 0. The molecule has 0 aromatic heterocycles. The van der Waals surface area contributed by atoms with Gasteiger partial charge in [0.1, 0.15) is 0 Å². The molecule has 18 heavy (non-hydrogen) atoms. The van der Waals surface area contributed by atoms with E-state index in [1.165, 1.54) is 23.1 Å². The van der Waals surface area contributed by atoms with E-state index in [4.69, 9.17) is 0 Å². The maximum absolute atomic E-state index is 12.2. The summed E-state index contributed by atoms with van der Waals surface area (Å²) < 4.78 is 36.6. The fraction of sp³-hybridized carbons (Fsp3) is 0.571. The summed E-state index contributed by atoms with van der Waals surface area (Å²) in [5.41, 5.74) is 4.69. The molecule has 0 saturated heterocycles. The molecule has 1 rings (SSSR count). The Hall–Kier alpha value is -1.03. The summed E-state index contributed by atoms with van der Waals surface area (Å²) in [4.78, 5) is 1.31. The molecule has 0 saturated carbocycles. The van der Waals surface area contributed by atoms with Crippen molar-refractivity contribution in [2.75, 3.05) is 20.1 Å². The molecule has 0 atom stereocenters. The van der Waals surface area contributed by atoms with E-state index in [-0.39, 0.29) is 0 Å². The molecule has 0 spiro atoms. The Kier molecular flexibility index (Phi) is 4.79. The van der Waals surface area contributed by atoms with Gasteiger partial charge in [0.2, 0.25) is 0 Å². The van der Waals surface area contributed by atoms with Crippen molar-refractivity contribution in [3.8, 4) is 0 Å². The number of hydrogen-bond donors (Lipinski definition) is 0. The van der Waals surface area contributed by atoms with Crippen molar-refractivity contribution in [2.24, 2.45) is 0 Å². The first-order chi connectivity index (χ1) is 8.19. The summed E-state index contributed by atoms with van der Waals surface area (Å²) in [6.07, 6.45) is -3.47. The number of likely N-dealkylation sites (N-methyl/N-ethyl adjacent to an activating group) is 1. The second-order valence-corrected chi connectivity index (χ2v) is 4.97. The molecule has 0 heterocycles. The fourth-order valence-corrected chi connectivity index (χ4v) is 1.99. The third-order valence-corrected chi connectivity index (χ3v) is 3.16. The van der Waals surface area contributed by atoms with E-state index < -0.39 is 12.7 Å². The largest absolute Gasteiger partial charge is 0.401 e. The molecular formula is C14H20F3N. The average Bonchev–Trinajstić information content (AvgIpc) is 2.19. The Labute approximate surface area is 107 Å². The summed E-state index contributed by atoms with van der Waals surface area (Å²) in [5, 5.41) is 0. The predicted octanol–water partition coefficient (Wildman–Crippen LogP) is 3.65. The lowest BCUT2D eigenvalue weighted by Gasteiger charge is -2.19. The van der Waals surface area contributed by atoms with E-state index in [1.807, 2.05) is 20.8 Å². The highest BCUT2D eigenvalue weighted by atomic mass is 19.4. The van der Waals surface area contributed by atoms with Gasteiger partial charge >= 0.3 is 6.18 Å². The molecule has 0 aliphatic carbocycles. The summed E-state index contributed by atoms with van der Waals surface area (Å²) in [6, 6.07) is 4.17. The van der Waals surface area contributed by atoms with Crippen LogP contribution in [0.1, 0.15) is 22.3 Å². The minimum absolute atomic E-state index is 0.419. The Morgan fingerprint density at radius 2 is 1.56 bits per heavy atom. The van der Waals surface area contributed by atoms with Crippen LogP contribution in [0.15, 0.2) is 12.1 Å². The van der Waals surface area contributed by atoms with Crippen molar-refractivity contribution in [1.29, 1.82) is 0 Å². The quantitative estimate of drug-likeness (QED) is 0.797. The van der Waals surface area contributed by atoms with Crippen LogP contribution in [-0.4, -0.2) is 31.2 Å². The zero-order valence-corrected chi connectivity index (χ0v) is 11.4. The van der Waals surface area contributed by atoms with E-state index >= 15 is 0 Å². The topological polar surface area (TPSA) is 3.24 Å². The van der Waals surface area contributed by atoms with Crippen molar-refractivity contribution in [2.45, 2.75) is 33.4 Å². The molecule has 1 aromatic carbocycles. The zero-order chi connectivity index (χ0) is 13.9. The van der Waals surface area contributed by atoms with Gasteiger partial charge in [-0.2, -0.15) is 13.2 Å². The second-order valence-electron chi connectivity index (χ2n) is 4.97. The van der Waals surface area contributed by atoms with Crippen LogP contribution in [0.5, 0.6) is 0 Å². The number of halogens is 3. The van der Waals surface area contributed by atoms with Crippen molar-refractivity contribution >= 4 is 0 Å². The summed E-state index contributed by atoms with van der Waals surface area (Å²) in [7, 11) is 1.50. The zero-order valence-electron chi connectivity index (χ0n) is 11.4. The third kappa shape index (κ3) is 4.69. The SMILES string of the molecule is Cc1cc(C)c(CCN(C)CC(F)(F)F)cc1C. The van der Waals surface area contributed by atoms with Crippen molar-refractivity contribution < 1.29 is 13.2 Å². The molecule has 102 valence electrons. The first-order valence-corrected chi connectivity index (χ1v) is 6.01. The predicted molar refractivity (Wildman–Crippen MR) is 67.9 cm³/mol. The first kappa shape index (κ1) is 15.0. The number of hydrogen-bond acceptors (Lipinski definition) is 1. The van der Waals surface area contributed by atoms with E-state index in [0.717, 1.165) is 11.1 Å².